The number of hydrogen-bond donors (Lipinski definition) is 0. The maximum atomic E-state index is 12.4. The van der Waals surface area contributed by atoms with Gasteiger partial charge in [-0.2, -0.15) is 0 Å². The highest BCUT2D eigenvalue weighted by atomic mass is 35.5. The first-order valence-electron chi connectivity index (χ1n) is 6.60. The summed E-state index contributed by atoms with van der Waals surface area (Å²) < 4.78 is 4.70. The number of rotatable bonds is 2. The average molecular weight is 309 g/mol. The van der Waals surface area contributed by atoms with E-state index >= 15 is 0 Å². The molecular formula is C14H13ClN2O4. The van der Waals surface area contributed by atoms with Gasteiger partial charge in [-0.15, -0.1) is 0 Å². The van der Waals surface area contributed by atoms with Crippen LogP contribution in [0.1, 0.15) is 16.8 Å². The Morgan fingerprint density at radius 1 is 1.29 bits per heavy atom. The average Bonchev–Trinajstić information content (AvgIpc) is 3.06. The predicted octanol–water partition coefficient (Wildman–Crippen LogP) is 1.53. The Morgan fingerprint density at radius 3 is 2.71 bits per heavy atom. The van der Waals surface area contributed by atoms with Gasteiger partial charge in [0.15, 0.2) is 6.61 Å². The smallest absolute Gasteiger partial charge is 0.417 e. The van der Waals surface area contributed by atoms with Crippen molar-refractivity contribution < 1.29 is 19.1 Å². The summed E-state index contributed by atoms with van der Waals surface area (Å²) in [6.45, 7) is 0.574. The van der Waals surface area contributed by atoms with Gasteiger partial charge < -0.3 is 9.64 Å². The van der Waals surface area contributed by atoms with E-state index in [0.29, 0.717) is 30.1 Å². The van der Waals surface area contributed by atoms with Gasteiger partial charge in [-0.1, -0.05) is 23.7 Å². The second-order valence-electron chi connectivity index (χ2n) is 4.99. The number of ether oxygens (including phenoxy) is 1. The molecule has 7 heteroatoms. The lowest BCUT2D eigenvalue weighted by Gasteiger charge is -2.20. The van der Waals surface area contributed by atoms with Crippen molar-refractivity contribution in [3.8, 4) is 0 Å². The van der Waals surface area contributed by atoms with Gasteiger partial charge in [-0.05, 0) is 18.6 Å². The predicted molar refractivity (Wildman–Crippen MR) is 74.0 cm³/mol. The zero-order chi connectivity index (χ0) is 15.0. The molecule has 2 aliphatic heterocycles. The molecule has 0 radical (unpaired) electrons. The van der Waals surface area contributed by atoms with Crippen molar-refractivity contribution in [2.75, 3.05) is 19.7 Å². The van der Waals surface area contributed by atoms with Crippen LogP contribution in [0.3, 0.4) is 0 Å². The van der Waals surface area contributed by atoms with Gasteiger partial charge in [0.1, 0.15) is 0 Å². The van der Waals surface area contributed by atoms with Gasteiger partial charge in [-0.3, -0.25) is 9.59 Å². The minimum Gasteiger partial charge on any atom is -0.439 e. The standard InChI is InChI=1S/C14H13ClN2O4/c15-11-4-2-1-3-10(11)13(19)16-6-5-9(7-16)17-12(18)8-21-14(17)20/h1-4,9H,5-8H2. The molecule has 2 fully saturated rings. The number of imide groups is 1. The molecule has 2 aliphatic rings. The molecule has 110 valence electrons. The van der Waals surface area contributed by atoms with Gasteiger partial charge in [0.05, 0.1) is 16.6 Å². The molecule has 0 aromatic heterocycles. The van der Waals surface area contributed by atoms with Crippen LogP contribution in [-0.4, -0.2) is 53.4 Å². The number of likely N-dealkylation sites (tertiary alicyclic amines) is 1. The fraction of sp³-hybridized carbons (Fsp3) is 0.357. The topological polar surface area (TPSA) is 66.9 Å². The lowest BCUT2D eigenvalue weighted by atomic mass is 10.2. The molecule has 1 aromatic carbocycles. The molecule has 2 saturated heterocycles. The van der Waals surface area contributed by atoms with Crippen molar-refractivity contribution in [3.63, 3.8) is 0 Å². The normalized spacial score (nSPS) is 21.9. The van der Waals surface area contributed by atoms with Crippen molar-refractivity contribution >= 4 is 29.5 Å². The van der Waals surface area contributed by atoms with E-state index in [1.54, 1.807) is 29.2 Å². The molecule has 0 N–H and O–H groups in total. The maximum absolute atomic E-state index is 12.4. The Hall–Kier alpha value is -2.08. The first kappa shape index (κ1) is 13.9. The summed E-state index contributed by atoms with van der Waals surface area (Å²) in [4.78, 5) is 38.3. The second-order valence-corrected chi connectivity index (χ2v) is 5.40. The summed E-state index contributed by atoms with van der Waals surface area (Å²) in [5.41, 5.74) is 0.426. The van der Waals surface area contributed by atoms with E-state index in [1.165, 1.54) is 0 Å². The number of amides is 3. The number of carbonyl (C=O) groups is 3. The van der Waals surface area contributed by atoms with E-state index in [1.807, 2.05) is 0 Å². The maximum Gasteiger partial charge on any atom is 0.417 e. The van der Waals surface area contributed by atoms with Crippen LogP contribution >= 0.6 is 11.6 Å². The minimum atomic E-state index is -0.628. The van der Waals surface area contributed by atoms with Crippen molar-refractivity contribution in [2.24, 2.45) is 0 Å². The van der Waals surface area contributed by atoms with E-state index in [9.17, 15) is 14.4 Å². The quantitative estimate of drug-likeness (QED) is 0.831. The molecule has 0 bridgehead atoms. The third kappa shape index (κ3) is 2.47. The third-order valence-electron chi connectivity index (χ3n) is 3.70. The van der Waals surface area contributed by atoms with Crippen molar-refractivity contribution in [3.05, 3.63) is 34.9 Å². The molecule has 1 aromatic rings. The highest BCUT2D eigenvalue weighted by Crippen LogP contribution is 2.24. The summed E-state index contributed by atoms with van der Waals surface area (Å²) in [5, 5.41) is 0.391. The third-order valence-corrected chi connectivity index (χ3v) is 4.03. The number of hydrogen-bond acceptors (Lipinski definition) is 4. The molecule has 3 amide bonds. The fourth-order valence-electron chi connectivity index (χ4n) is 2.66. The van der Waals surface area contributed by atoms with Crippen LogP contribution in [-0.2, 0) is 9.53 Å². The molecule has 1 unspecified atom stereocenters. The van der Waals surface area contributed by atoms with Gasteiger partial charge in [0.2, 0.25) is 0 Å². The summed E-state index contributed by atoms with van der Waals surface area (Å²) in [6, 6.07) is 6.49. The molecule has 0 spiro atoms. The number of benzene rings is 1. The van der Waals surface area contributed by atoms with Crippen LogP contribution in [0.25, 0.3) is 0 Å². The Kier molecular flexibility index (Phi) is 3.55. The van der Waals surface area contributed by atoms with Gasteiger partial charge in [0.25, 0.3) is 11.8 Å². The monoisotopic (exact) mass is 308 g/mol. The van der Waals surface area contributed by atoms with E-state index in [-0.39, 0.29) is 24.5 Å². The van der Waals surface area contributed by atoms with Crippen LogP contribution in [0.2, 0.25) is 5.02 Å². The molecular weight excluding hydrogens is 296 g/mol. The van der Waals surface area contributed by atoms with E-state index in [2.05, 4.69) is 0 Å². The largest absolute Gasteiger partial charge is 0.439 e. The number of halogens is 1. The van der Waals surface area contributed by atoms with Gasteiger partial charge in [-0.25, -0.2) is 9.69 Å². The van der Waals surface area contributed by atoms with Crippen LogP contribution < -0.4 is 0 Å². The molecule has 0 saturated carbocycles. The highest BCUT2D eigenvalue weighted by molar-refractivity contribution is 6.33. The summed E-state index contributed by atoms with van der Waals surface area (Å²) in [5.74, 6) is -0.542. The van der Waals surface area contributed by atoms with Crippen LogP contribution in [0.5, 0.6) is 0 Å². The SMILES string of the molecule is O=C(c1ccccc1Cl)N1CCC(N2C(=O)COC2=O)C1. The first-order chi connectivity index (χ1) is 10.1. The highest BCUT2D eigenvalue weighted by Gasteiger charge is 2.41. The molecule has 3 rings (SSSR count). The molecule has 21 heavy (non-hydrogen) atoms. The Bertz CT molecular complexity index is 603. The minimum absolute atomic E-state index is 0.192. The number of cyclic esters (lactones) is 1. The van der Waals surface area contributed by atoms with Crippen LogP contribution in [0, 0.1) is 0 Å². The van der Waals surface area contributed by atoms with Gasteiger partial charge >= 0.3 is 6.09 Å². The van der Waals surface area contributed by atoms with Crippen molar-refractivity contribution in [1.82, 2.24) is 9.80 Å². The first-order valence-corrected chi connectivity index (χ1v) is 6.98. The van der Waals surface area contributed by atoms with E-state index < -0.39 is 6.09 Å². The zero-order valence-corrected chi connectivity index (χ0v) is 11.9. The van der Waals surface area contributed by atoms with Gasteiger partial charge in [0, 0.05) is 13.1 Å². The fourth-order valence-corrected chi connectivity index (χ4v) is 2.88. The zero-order valence-electron chi connectivity index (χ0n) is 11.1. The lowest BCUT2D eigenvalue weighted by Crippen LogP contribution is -2.42. The van der Waals surface area contributed by atoms with E-state index in [4.69, 9.17) is 16.3 Å². The molecule has 2 heterocycles. The number of nitrogens with zero attached hydrogens (tertiary/aromatic N) is 2. The Balaban J connectivity index is 1.73. The summed E-state index contributed by atoms with van der Waals surface area (Å²) in [6.07, 6.45) is -0.0751. The Morgan fingerprint density at radius 2 is 2.05 bits per heavy atom. The summed E-state index contributed by atoms with van der Waals surface area (Å²) >= 11 is 6.02. The van der Waals surface area contributed by atoms with Crippen LogP contribution in [0.15, 0.2) is 24.3 Å². The lowest BCUT2D eigenvalue weighted by molar-refractivity contribution is -0.127. The van der Waals surface area contributed by atoms with E-state index in [0.717, 1.165) is 4.90 Å². The van der Waals surface area contributed by atoms with Crippen LogP contribution in [0.4, 0.5) is 4.79 Å². The molecule has 6 nitrogen and oxygen atoms in total. The summed E-state index contributed by atoms with van der Waals surface area (Å²) in [7, 11) is 0. The Labute approximate surface area is 126 Å². The van der Waals surface area contributed by atoms with Crippen molar-refractivity contribution in [2.45, 2.75) is 12.5 Å². The molecule has 1 atom stereocenters. The number of carbonyl (C=O) groups excluding carboxylic acids is 3. The van der Waals surface area contributed by atoms with Crippen molar-refractivity contribution in [1.29, 1.82) is 0 Å². The second kappa shape index (κ2) is 5.37. The molecule has 0 aliphatic carbocycles.